The number of hydrogen-bond donors (Lipinski definition) is 0. The Kier molecular flexibility index (Phi) is 5.18. The van der Waals surface area contributed by atoms with Crippen molar-refractivity contribution in [3.63, 3.8) is 0 Å². The third-order valence-electron chi connectivity index (χ3n) is 4.19. The lowest BCUT2D eigenvalue weighted by Gasteiger charge is -2.23. The van der Waals surface area contributed by atoms with Crippen molar-refractivity contribution >= 4 is 5.82 Å². The van der Waals surface area contributed by atoms with Crippen LogP contribution < -0.4 is 4.90 Å². The molecule has 0 unspecified atom stereocenters. The second-order valence-corrected chi connectivity index (χ2v) is 6.09. The Morgan fingerprint density at radius 2 is 2.00 bits per heavy atom. The van der Waals surface area contributed by atoms with Crippen LogP contribution in [-0.2, 0) is 0 Å². The Labute approximate surface area is 138 Å². The molecule has 5 heteroatoms. The molecule has 0 spiro atoms. The first kappa shape index (κ1) is 15.9. The highest BCUT2D eigenvalue weighted by Gasteiger charge is 2.17. The van der Waals surface area contributed by atoms with Gasteiger partial charge in [0.1, 0.15) is 11.5 Å². The highest BCUT2D eigenvalue weighted by molar-refractivity contribution is 5.53. The van der Waals surface area contributed by atoms with Crippen molar-refractivity contribution in [3.05, 3.63) is 36.2 Å². The maximum absolute atomic E-state index is 4.77. The van der Waals surface area contributed by atoms with Crippen LogP contribution in [0.5, 0.6) is 0 Å². The number of aromatic nitrogens is 3. The van der Waals surface area contributed by atoms with Crippen molar-refractivity contribution in [3.8, 4) is 11.5 Å². The Balaban J connectivity index is 1.81. The van der Waals surface area contributed by atoms with Gasteiger partial charge in [0.2, 0.25) is 0 Å². The topological polar surface area (TPSA) is 45.2 Å². The first-order valence-electron chi connectivity index (χ1n) is 8.50. The van der Waals surface area contributed by atoms with Crippen molar-refractivity contribution in [1.29, 1.82) is 0 Å². The van der Waals surface area contributed by atoms with E-state index in [9.17, 15) is 0 Å². The zero-order valence-electron chi connectivity index (χ0n) is 14.1. The smallest absolute Gasteiger partial charge is 0.180 e. The molecule has 5 nitrogen and oxygen atoms in total. The van der Waals surface area contributed by atoms with Crippen LogP contribution in [0, 0.1) is 6.92 Å². The van der Waals surface area contributed by atoms with Crippen LogP contribution in [0.4, 0.5) is 5.82 Å². The maximum Gasteiger partial charge on any atom is 0.180 e. The van der Waals surface area contributed by atoms with E-state index in [2.05, 4.69) is 32.8 Å². The molecule has 0 bridgehead atoms. The quantitative estimate of drug-likeness (QED) is 0.869. The zero-order chi connectivity index (χ0) is 16.1. The second-order valence-electron chi connectivity index (χ2n) is 6.09. The summed E-state index contributed by atoms with van der Waals surface area (Å²) in [5, 5.41) is 0. The number of aryl methyl sites for hydroxylation is 1. The summed E-state index contributed by atoms with van der Waals surface area (Å²) in [5.74, 6) is 1.74. The van der Waals surface area contributed by atoms with Gasteiger partial charge in [-0.3, -0.25) is 4.98 Å². The van der Waals surface area contributed by atoms with Gasteiger partial charge in [-0.05, 0) is 45.0 Å². The van der Waals surface area contributed by atoms with Gasteiger partial charge in [0, 0.05) is 37.6 Å². The van der Waals surface area contributed by atoms with E-state index in [-0.39, 0.29) is 0 Å². The number of rotatable bonds is 4. The average molecular weight is 311 g/mol. The Morgan fingerprint density at radius 3 is 2.78 bits per heavy atom. The van der Waals surface area contributed by atoms with E-state index in [1.54, 1.807) is 6.20 Å². The molecule has 0 N–H and O–H groups in total. The average Bonchev–Trinajstić information content (AvgIpc) is 2.81. The molecule has 0 amide bonds. The minimum atomic E-state index is 0.718. The highest BCUT2D eigenvalue weighted by atomic mass is 15.3. The van der Waals surface area contributed by atoms with Gasteiger partial charge in [0.25, 0.3) is 0 Å². The highest BCUT2D eigenvalue weighted by Crippen LogP contribution is 2.19. The largest absolute Gasteiger partial charge is 0.355 e. The van der Waals surface area contributed by atoms with E-state index in [1.165, 1.54) is 25.9 Å². The number of hydrogen-bond acceptors (Lipinski definition) is 5. The molecule has 0 atom stereocenters. The van der Waals surface area contributed by atoms with Crippen LogP contribution >= 0.6 is 0 Å². The van der Waals surface area contributed by atoms with Crippen LogP contribution in [0.3, 0.4) is 0 Å². The molecule has 0 saturated carbocycles. The summed E-state index contributed by atoms with van der Waals surface area (Å²) in [7, 11) is 0. The van der Waals surface area contributed by atoms with E-state index >= 15 is 0 Å². The molecule has 0 aliphatic carbocycles. The molecule has 2 aromatic heterocycles. The van der Waals surface area contributed by atoms with E-state index in [0.717, 1.165) is 42.7 Å². The Hall–Kier alpha value is -2.01. The minimum Gasteiger partial charge on any atom is -0.355 e. The summed E-state index contributed by atoms with van der Waals surface area (Å²) >= 11 is 0. The lowest BCUT2D eigenvalue weighted by Crippen LogP contribution is -2.31. The predicted molar refractivity (Wildman–Crippen MR) is 93.6 cm³/mol. The summed E-state index contributed by atoms with van der Waals surface area (Å²) in [5.41, 5.74) is 1.82. The van der Waals surface area contributed by atoms with E-state index in [4.69, 9.17) is 4.98 Å². The lowest BCUT2D eigenvalue weighted by atomic mass is 10.3. The minimum absolute atomic E-state index is 0.718. The van der Waals surface area contributed by atoms with E-state index in [1.807, 2.05) is 25.1 Å². The lowest BCUT2D eigenvalue weighted by molar-refractivity contribution is 0.294. The van der Waals surface area contributed by atoms with Gasteiger partial charge in [-0.1, -0.05) is 13.0 Å². The normalized spacial score (nSPS) is 16.3. The maximum atomic E-state index is 4.77. The molecule has 0 aromatic carbocycles. The standard InChI is InChI=1S/C18H25N5/c1-3-9-22-10-6-11-23(13-12-22)17-14-15(2)20-18(21-17)16-7-4-5-8-19-16/h4-5,7-8,14H,3,6,9-13H2,1-2H3. The fourth-order valence-electron chi connectivity index (χ4n) is 3.06. The van der Waals surface area contributed by atoms with E-state index < -0.39 is 0 Å². The van der Waals surface area contributed by atoms with E-state index in [0.29, 0.717) is 0 Å². The number of anilines is 1. The van der Waals surface area contributed by atoms with Gasteiger partial charge in [0.15, 0.2) is 5.82 Å². The summed E-state index contributed by atoms with van der Waals surface area (Å²) in [4.78, 5) is 18.6. The molecule has 1 aliphatic heterocycles. The van der Waals surface area contributed by atoms with Crippen molar-refractivity contribution in [2.75, 3.05) is 37.6 Å². The molecule has 0 radical (unpaired) electrons. The third-order valence-corrected chi connectivity index (χ3v) is 4.19. The Bertz CT molecular complexity index is 629. The molecule has 122 valence electrons. The van der Waals surface area contributed by atoms with Gasteiger partial charge >= 0.3 is 0 Å². The van der Waals surface area contributed by atoms with Crippen LogP contribution in [0.1, 0.15) is 25.5 Å². The fraction of sp³-hybridized carbons (Fsp3) is 0.500. The van der Waals surface area contributed by atoms with Crippen LogP contribution in [0.25, 0.3) is 11.5 Å². The molecule has 3 rings (SSSR count). The van der Waals surface area contributed by atoms with Crippen molar-refractivity contribution in [2.24, 2.45) is 0 Å². The summed E-state index contributed by atoms with van der Waals surface area (Å²) < 4.78 is 0. The number of nitrogens with zero attached hydrogens (tertiary/aromatic N) is 5. The number of pyridine rings is 1. The van der Waals surface area contributed by atoms with Crippen LogP contribution in [0.2, 0.25) is 0 Å². The molecule has 3 heterocycles. The predicted octanol–water partition coefficient (Wildman–Crippen LogP) is 2.77. The molecule has 1 fully saturated rings. The molecule has 2 aromatic rings. The first-order valence-corrected chi connectivity index (χ1v) is 8.50. The van der Waals surface area contributed by atoms with Gasteiger partial charge in [0.05, 0.1) is 0 Å². The molecule has 1 aliphatic rings. The van der Waals surface area contributed by atoms with Gasteiger partial charge in [-0.2, -0.15) is 0 Å². The molecule has 1 saturated heterocycles. The van der Waals surface area contributed by atoms with Crippen LogP contribution in [0.15, 0.2) is 30.5 Å². The summed E-state index contributed by atoms with van der Waals surface area (Å²) in [6, 6.07) is 7.94. The molecule has 23 heavy (non-hydrogen) atoms. The fourth-order valence-corrected chi connectivity index (χ4v) is 3.06. The van der Waals surface area contributed by atoms with Crippen LogP contribution in [-0.4, -0.2) is 52.6 Å². The van der Waals surface area contributed by atoms with Crippen molar-refractivity contribution < 1.29 is 0 Å². The zero-order valence-corrected chi connectivity index (χ0v) is 14.1. The van der Waals surface area contributed by atoms with Gasteiger partial charge in [-0.15, -0.1) is 0 Å². The Morgan fingerprint density at radius 1 is 1.09 bits per heavy atom. The molecular formula is C18H25N5. The van der Waals surface area contributed by atoms with Gasteiger partial charge < -0.3 is 9.80 Å². The third kappa shape index (κ3) is 4.05. The van der Waals surface area contributed by atoms with Crippen molar-refractivity contribution in [2.45, 2.75) is 26.7 Å². The first-order chi connectivity index (χ1) is 11.3. The monoisotopic (exact) mass is 311 g/mol. The van der Waals surface area contributed by atoms with Gasteiger partial charge in [-0.25, -0.2) is 9.97 Å². The molecular weight excluding hydrogens is 286 g/mol. The summed E-state index contributed by atoms with van der Waals surface area (Å²) in [6.45, 7) is 9.83. The second kappa shape index (κ2) is 7.51. The van der Waals surface area contributed by atoms with Crippen molar-refractivity contribution in [1.82, 2.24) is 19.9 Å². The summed E-state index contributed by atoms with van der Waals surface area (Å²) in [6.07, 6.45) is 4.19. The SMILES string of the molecule is CCCN1CCCN(c2cc(C)nc(-c3ccccn3)n2)CC1.